The molecule has 2 atom stereocenters. The molecule has 0 amide bonds. The predicted octanol–water partition coefficient (Wildman–Crippen LogP) is 2.32. The van der Waals surface area contributed by atoms with Crippen molar-refractivity contribution in [2.24, 2.45) is 11.8 Å². The van der Waals surface area contributed by atoms with Gasteiger partial charge in [-0.2, -0.15) is 0 Å². The van der Waals surface area contributed by atoms with E-state index >= 15 is 0 Å². The molecule has 1 heterocycles. The maximum Gasteiger partial charge on any atom is 0.0264 e. The summed E-state index contributed by atoms with van der Waals surface area (Å²) >= 11 is 0. The molecule has 0 radical (unpaired) electrons. The maximum absolute atomic E-state index is 3.47. The number of hydrazine groups is 1. The average Bonchev–Trinajstić information content (AvgIpc) is 2.03. The molecule has 2 N–H and O–H groups in total. The fourth-order valence-corrected chi connectivity index (χ4v) is 2.28. The summed E-state index contributed by atoms with van der Waals surface area (Å²) in [5.41, 5.74) is 6.80. The second-order valence-corrected chi connectivity index (χ2v) is 4.51. The zero-order valence-electron chi connectivity index (χ0n) is 9.27. The SMILES string of the molecule is CC[C@H]1CCCCNN[C@H]1C(C)C. The Morgan fingerprint density at radius 3 is 2.69 bits per heavy atom. The lowest BCUT2D eigenvalue weighted by Gasteiger charge is -2.32. The van der Waals surface area contributed by atoms with Gasteiger partial charge in [0.2, 0.25) is 0 Å². The molecule has 0 saturated carbocycles. The van der Waals surface area contributed by atoms with E-state index in [2.05, 4.69) is 31.6 Å². The van der Waals surface area contributed by atoms with Crippen LogP contribution in [0.4, 0.5) is 0 Å². The highest BCUT2D eigenvalue weighted by Gasteiger charge is 2.23. The van der Waals surface area contributed by atoms with Crippen LogP contribution < -0.4 is 10.9 Å². The summed E-state index contributed by atoms with van der Waals surface area (Å²) < 4.78 is 0. The summed E-state index contributed by atoms with van der Waals surface area (Å²) in [7, 11) is 0. The van der Waals surface area contributed by atoms with E-state index in [-0.39, 0.29) is 0 Å². The van der Waals surface area contributed by atoms with Crippen LogP contribution in [-0.2, 0) is 0 Å². The first-order chi connectivity index (χ1) is 6.25. The van der Waals surface area contributed by atoms with Crippen molar-refractivity contribution in [3.63, 3.8) is 0 Å². The van der Waals surface area contributed by atoms with E-state index in [4.69, 9.17) is 0 Å². The second-order valence-electron chi connectivity index (χ2n) is 4.51. The summed E-state index contributed by atoms with van der Waals surface area (Å²) in [5, 5.41) is 0. The third-order valence-corrected chi connectivity index (χ3v) is 3.15. The largest absolute Gasteiger partial charge is 0.258 e. The molecule has 1 aliphatic rings. The van der Waals surface area contributed by atoms with Crippen LogP contribution in [0.3, 0.4) is 0 Å². The van der Waals surface area contributed by atoms with Gasteiger partial charge in [-0.15, -0.1) is 0 Å². The van der Waals surface area contributed by atoms with E-state index in [0.717, 1.165) is 18.4 Å². The van der Waals surface area contributed by atoms with Crippen molar-refractivity contribution in [2.45, 2.75) is 52.5 Å². The van der Waals surface area contributed by atoms with Crippen LogP contribution >= 0.6 is 0 Å². The van der Waals surface area contributed by atoms with Crippen molar-refractivity contribution in [1.29, 1.82) is 0 Å². The first kappa shape index (κ1) is 11.0. The summed E-state index contributed by atoms with van der Waals surface area (Å²) in [5.74, 6) is 1.59. The molecular weight excluding hydrogens is 160 g/mol. The molecule has 0 aliphatic carbocycles. The molecular formula is C11H24N2. The van der Waals surface area contributed by atoms with Crippen LogP contribution in [-0.4, -0.2) is 12.6 Å². The maximum atomic E-state index is 3.47. The van der Waals surface area contributed by atoms with Crippen LogP contribution in [0.2, 0.25) is 0 Å². The van der Waals surface area contributed by atoms with Gasteiger partial charge < -0.3 is 0 Å². The molecule has 0 aromatic rings. The minimum absolute atomic E-state index is 0.658. The average molecular weight is 184 g/mol. The second kappa shape index (κ2) is 5.61. The summed E-state index contributed by atoms with van der Waals surface area (Å²) in [6.45, 7) is 8.05. The smallest absolute Gasteiger partial charge is 0.0264 e. The number of rotatable bonds is 2. The van der Waals surface area contributed by atoms with Gasteiger partial charge in [-0.25, -0.2) is 0 Å². The Balaban J connectivity index is 2.50. The predicted molar refractivity (Wildman–Crippen MR) is 57.4 cm³/mol. The van der Waals surface area contributed by atoms with Gasteiger partial charge in [0.15, 0.2) is 0 Å². The van der Waals surface area contributed by atoms with Gasteiger partial charge in [0.25, 0.3) is 0 Å². The van der Waals surface area contributed by atoms with Crippen LogP contribution in [0.1, 0.15) is 46.5 Å². The molecule has 78 valence electrons. The van der Waals surface area contributed by atoms with E-state index in [9.17, 15) is 0 Å². The highest BCUT2D eigenvalue weighted by atomic mass is 15.4. The van der Waals surface area contributed by atoms with E-state index in [0.29, 0.717) is 6.04 Å². The first-order valence-corrected chi connectivity index (χ1v) is 5.74. The van der Waals surface area contributed by atoms with Gasteiger partial charge in [-0.3, -0.25) is 10.9 Å². The lowest BCUT2D eigenvalue weighted by atomic mass is 9.85. The zero-order chi connectivity index (χ0) is 9.68. The third-order valence-electron chi connectivity index (χ3n) is 3.15. The Bertz CT molecular complexity index is 134. The molecule has 2 nitrogen and oxygen atoms in total. The molecule has 1 saturated heterocycles. The monoisotopic (exact) mass is 184 g/mol. The Hall–Kier alpha value is -0.0800. The fourth-order valence-electron chi connectivity index (χ4n) is 2.28. The van der Waals surface area contributed by atoms with Crippen molar-refractivity contribution in [1.82, 2.24) is 10.9 Å². The normalized spacial score (nSPS) is 31.4. The molecule has 0 aromatic heterocycles. The van der Waals surface area contributed by atoms with Crippen LogP contribution in [0, 0.1) is 11.8 Å². The number of hydrogen-bond donors (Lipinski definition) is 2. The van der Waals surface area contributed by atoms with Gasteiger partial charge in [0, 0.05) is 12.6 Å². The summed E-state index contributed by atoms with van der Waals surface area (Å²) in [4.78, 5) is 0. The molecule has 0 unspecified atom stereocenters. The van der Waals surface area contributed by atoms with Gasteiger partial charge in [0.05, 0.1) is 0 Å². The standard InChI is InChI=1S/C11H24N2/c1-4-10-7-5-6-8-12-13-11(10)9(2)3/h9-13H,4-8H2,1-3H3/t10-,11-/m0/s1. The quantitative estimate of drug-likeness (QED) is 0.688. The fraction of sp³-hybridized carbons (Fsp3) is 1.00. The zero-order valence-corrected chi connectivity index (χ0v) is 9.27. The van der Waals surface area contributed by atoms with Gasteiger partial charge in [0.1, 0.15) is 0 Å². The number of nitrogens with one attached hydrogen (secondary N) is 2. The highest BCUT2D eigenvalue weighted by molar-refractivity contribution is 4.78. The van der Waals surface area contributed by atoms with E-state index in [1.165, 1.54) is 25.7 Å². The number of hydrogen-bond acceptors (Lipinski definition) is 2. The summed E-state index contributed by atoms with van der Waals surface area (Å²) in [6.07, 6.45) is 5.40. The molecule has 0 aromatic carbocycles. The Labute approximate surface area is 82.5 Å². The topological polar surface area (TPSA) is 24.1 Å². The minimum atomic E-state index is 0.658. The van der Waals surface area contributed by atoms with E-state index in [1.54, 1.807) is 0 Å². The molecule has 1 aliphatic heterocycles. The summed E-state index contributed by atoms with van der Waals surface area (Å²) in [6, 6.07) is 0.658. The molecule has 1 fully saturated rings. The third kappa shape index (κ3) is 3.28. The Kier molecular flexibility index (Phi) is 4.74. The molecule has 0 spiro atoms. The van der Waals surface area contributed by atoms with Gasteiger partial charge in [-0.1, -0.05) is 33.6 Å². The Morgan fingerprint density at radius 2 is 2.08 bits per heavy atom. The van der Waals surface area contributed by atoms with Gasteiger partial charge >= 0.3 is 0 Å². The lowest BCUT2D eigenvalue weighted by molar-refractivity contribution is 0.216. The Morgan fingerprint density at radius 1 is 1.31 bits per heavy atom. The van der Waals surface area contributed by atoms with Crippen molar-refractivity contribution in [3.05, 3.63) is 0 Å². The van der Waals surface area contributed by atoms with Crippen molar-refractivity contribution in [2.75, 3.05) is 6.54 Å². The van der Waals surface area contributed by atoms with Gasteiger partial charge in [-0.05, 0) is 24.7 Å². The first-order valence-electron chi connectivity index (χ1n) is 5.74. The minimum Gasteiger partial charge on any atom is -0.258 e. The van der Waals surface area contributed by atoms with Crippen molar-refractivity contribution < 1.29 is 0 Å². The lowest BCUT2D eigenvalue weighted by Crippen LogP contribution is -2.49. The molecule has 13 heavy (non-hydrogen) atoms. The van der Waals surface area contributed by atoms with Crippen molar-refractivity contribution >= 4 is 0 Å². The van der Waals surface area contributed by atoms with Crippen LogP contribution in [0.25, 0.3) is 0 Å². The van der Waals surface area contributed by atoms with Crippen LogP contribution in [0.5, 0.6) is 0 Å². The molecule has 2 heteroatoms. The highest BCUT2D eigenvalue weighted by Crippen LogP contribution is 2.22. The van der Waals surface area contributed by atoms with E-state index in [1.807, 2.05) is 0 Å². The van der Waals surface area contributed by atoms with Crippen LogP contribution in [0.15, 0.2) is 0 Å². The van der Waals surface area contributed by atoms with E-state index < -0.39 is 0 Å². The molecule has 0 bridgehead atoms. The molecule has 1 rings (SSSR count). The van der Waals surface area contributed by atoms with Crippen molar-refractivity contribution in [3.8, 4) is 0 Å².